The highest BCUT2D eigenvalue weighted by atomic mass is 16.5. The lowest BCUT2D eigenvalue weighted by Gasteiger charge is -2.49. The van der Waals surface area contributed by atoms with Gasteiger partial charge < -0.3 is 28.7 Å². The molecule has 2 aromatic carbocycles. The Labute approximate surface area is 281 Å². The van der Waals surface area contributed by atoms with Crippen LogP contribution in [0.15, 0.2) is 60.7 Å². The summed E-state index contributed by atoms with van der Waals surface area (Å²) in [4.78, 5) is 25.1. The van der Waals surface area contributed by atoms with E-state index in [0.717, 1.165) is 52.3 Å². The summed E-state index contributed by atoms with van der Waals surface area (Å²) in [5.74, 6) is -1.70. The van der Waals surface area contributed by atoms with Gasteiger partial charge in [-0.05, 0) is 31.9 Å². The first kappa shape index (κ1) is 35.5. The first-order valence-electron chi connectivity index (χ1n) is 18.0. The summed E-state index contributed by atoms with van der Waals surface area (Å²) in [5, 5.41) is 19.3. The minimum Gasteiger partial charge on any atom is -0.461 e. The Morgan fingerprint density at radius 3 is 1.38 bits per heavy atom. The van der Waals surface area contributed by atoms with Crippen molar-refractivity contribution in [1.82, 2.24) is 0 Å². The van der Waals surface area contributed by atoms with Crippen molar-refractivity contribution in [3.05, 3.63) is 71.8 Å². The number of carbonyl (C=O) groups excluding carboxylic acids is 2. The van der Waals surface area contributed by atoms with Crippen molar-refractivity contribution >= 4 is 11.9 Å². The second kappa shape index (κ2) is 15.2. The number of carbonyl (C=O) groups is 2. The van der Waals surface area contributed by atoms with Gasteiger partial charge >= 0.3 is 11.9 Å². The number of quaternary nitrogens is 2. The molecule has 47 heavy (non-hydrogen) atoms. The van der Waals surface area contributed by atoms with Gasteiger partial charge in [-0.15, -0.1) is 0 Å². The zero-order chi connectivity index (χ0) is 33.8. The van der Waals surface area contributed by atoms with Crippen LogP contribution >= 0.6 is 0 Å². The number of aliphatic hydroxyl groups excluding tert-OH is 2. The van der Waals surface area contributed by atoms with Crippen LogP contribution < -0.4 is 0 Å². The lowest BCUT2D eigenvalue weighted by Crippen LogP contribution is -2.62. The summed E-state index contributed by atoms with van der Waals surface area (Å²) in [6.45, 7) is 7.60. The number of fused-ring (bicyclic) bond motifs is 4. The fraction of sp³-hybridized carbons (Fsp3) is 0.641. The van der Waals surface area contributed by atoms with E-state index in [1.54, 1.807) is 0 Å². The van der Waals surface area contributed by atoms with Gasteiger partial charge in [-0.25, -0.2) is 0 Å². The third-order valence-corrected chi connectivity index (χ3v) is 12.7. The highest BCUT2D eigenvalue weighted by molar-refractivity contribution is 5.79. The largest absolute Gasteiger partial charge is 0.461 e. The summed E-state index contributed by atoms with van der Waals surface area (Å²) in [7, 11) is 4.71. The Morgan fingerprint density at radius 1 is 0.681 bits per heavy atom. The molecule has 6 atom stereocenters. The Bertz CT molecular complexity index is 1290. The molecule has 4 bridgehead atoms. The van der Waals surface area contributed by atoms with E-state index >= 15 is 0 Å². The molecular formula is C39H58N2O6+2. The van der Waals surface area contributed by atoms with Gasteiger partial charge in [-0.2, -0.15) is 0 Å². The van der Waals surface area contributed by atoms with Gasteiger partial charge in [-0.3, -0.25) is 9.59 Å². The number of hydrogen-bond donors (Lipinski definition) is 2. The molecule has 5 unspecified atom stereocenters. The topological polar surface area (TPSA) is 93.1 Å². The van der Waals surface area contributed by atoms with Crippen molar-refractivity contribution in [2.45, 2.75) is 126 Å². The van der Waals surface area contributed by atoms with Crippen LogP contribution in [0.25, 0.3) is 0 Å². The second-order valence-electron chi connectivity index (χ2n) is 15.1. The van der Waals surface area contributed by atoms with Crippen LogP contribution in [0.1, 0.15) is 95.1 Å². The van der Waals surface area contributed by atoms with Gasteiger partial charge in [0.15, 0.2) is 0 Å². The molecule has 2 N–H and O–H groups in total. The number of hydrogen-bond acceptors (Lipinski definition) is 6. The molecule has 0 amide bonds. The first-order chi connectivity index (χ1) is 22.5. The maximum atomic E-state index is 12.6. The molecule has 6 rings (SSSR count). The third-order valence-electron chi connectivity index (χ3n) is 12.7. The number of ether oxygens (including phenoxy) is 2. The van der Waals surface area contributed by atoms with E-state index in [2.05, 4.69) is 34.9 Å². The molecule has 8 heteroatoms. The minimum absolute atomic E-state index is 0.00212. The van der Waals surface area contributed by atoms with Gasteiger partial charge in [-0.1, -0.05) is 60.7 Å². The summed E-state index contributed by atoms with van der Waals surface area (Å²) in [5.41, 5.74) is 1.65. The number of nitrogens with zero attached hydrogens (tertiary/aromatic N) is 2. The molecule has 4 fully saturated rings. The van der Waals surface area contributed by atoms with E-state index in [0.29, 0.717) is 30.2 Å². The Hall–Kier alpha value is -2.78. The molecule has 0 aromatic heterocycles. The molecule has 4 aliphatic heterocycles. The zero-order valence-electron chi connectivity index (χ0n) is 29.2. The third kappa shape index (κ3) is 7.31. The van der Waals surface area contributed by atoms with Gasteiger partial charge in [0.2, 0.25) is 0 Å². The van der Waals surface area contributed by atoms with Gasteiger partial charge in [0, 0.05) is 51.4 Å². The molecule has 4 saturated heterocycles. The molecule has 0 radical (unpaired) electrons. The molecule has 4 aliphatic rings. The minimum atomic E-state index is -0.572. The monoisotopic (exact) mass is 650 g/mol. The molecule has 2 aromatic rings. The van der Waals surface area contributed by atoms with E-state index in [9.17, 15) is 19.8 Å². The average molecular weight is 651 g/mol. The van der Waals surface area contributed by atoms with Crippen molar-refractivity contribution in [3.8, 4) is 0 Å². The van der Waals surface area contributed by atoms with E-state index in [4.69, 9.17) is 9.47 Å². The van der Waals surface area contributed by atoms with E-state index in [-0.39, 0.29) is 37.4 Å². The average Bonchev–Trinajstić information content (AvgIpc) is 3.32. The maximum absolute atomic E-state index is 12.6. The predicted molar refractivity (Wildman–Crippen MR) is 182 cm³/mol. The van der Waals surface area contributed by atoms with E-state index in [1.807, 2.05) is 60.7 Å². The van der Waals surface area contributed by atoms with Crippen molar-refractivity contribution in [1.29, 1.82) is 0 Å². The first-order valence-corrected chi connectivity index (χ1v) is 18.0. The number of rotatable bonds is 10. The second-order valence-corrected chi connectivity index (χ2v) is 15.1. The summed E-state index contributed by atoms with van der Waals surface area (Å²) >= 11 is 0. The Morgan fingerprint density at radius 2 is 1.04 bits per heavy atom. The highest BCUT2D eigenvalue weighted by Crippen LogP contribution is 2.44. The van der Waals surface area contributed by atoms with Gasteiger partial charge in [0.05, 0.1) is 64.1 Å². The van der Waals surface area contributed by atoms with Crippen molar-refractivity contribution in [2.75, 3.05) is 33.9 Å². The fourth-order valence-electron chi connectivity index (χ4n) is 9.37. The van der Waals surface area contributed by atoms with E-state index in [1.165, 1.54) is 25.7 Å². The van der Waals surface area contributed by atoms with E-state index < -0.39 is 11.8 Å². The molecule has 0 saturated carbocycles. The molecule has 8 nitrogen and oxygen atoms in total. The summed E-state index contributed by atoms with van der Waals surface area (Å²) in [6, 6.07) is 21.9. The number of esters is 2. The fourth-order valence-corrected chi connectivity index (χ4v) is 9.37. The summed E-state index contributed by atoms with van der Waals surface area (Å²) in [6.07, 6.45) is 8.77. The number of benzene rings is 2. The van der Waals surface area contributed by atoms with Crippen molar-refractivity contribution in [3.63, 3.8) is 0 Å². The molecule has 0 aliphatic carbocycles. The van der Waals surface area contributed by atoms with Crippen LogP contribution in [0.3, 0.4) is 0 Å². The van der Waals surface area contributed by atoms with Crippen LogP contribution in [-0.2, 0) is 19.1 Å². The Balaban J connectivity index is 0.000000185. The lowest BCUT2D eigenvalue weighted by atomic mass is 9.94. The normalized spacial score (nSPS) is 33.8. The zero-order valence-corrected chi connectivity index (χ0v) is 29.2. The standard InChI is InChI=1S/C20H30NO3.C19H28NO3/c1-14(2)21(3)16-9-10-17(21)12-18(11-16)24-20(23)19(13-22)15-7-5-4-6-8-15;1-3-20(2)15-9-10-16(20)12-17(11-15)23-19(22)18(13-21)14-7-5-4-6-8-14/h4-8,14,16-19,22H,9-13H2,1-3H3;4-8,15-18,21H,3,9-13H2,1-2H3/q2*+1/t;15?,16?,17?,18-,20?/m.1/s1. The number of piperidine rings is 2. The smallest absolute Gasteiger partial charge is 0.316 e. The van der Waals surface area contributed by atoms with Crippen LogP contribution in [-0.4, -0.2) is 107 Å². The predicted octanol–water partition coefficient (Wildman–Crippen LogP) is 5.32. The highest BCUT2D eigenvalue weighted by Gasteiger charge is 2.54. The quantitative estimate of drug-likeness (QED) is 0.267. The van der Waals surface area contributed by atoms with Gasteiger partial charge in [0.25, 0.3) is 0 Å². The molecular weight excluding hydrogens is 592 g/mol. The SMILES string of the molecule is CC(C)[N+]1(C)C2CCC1CC(OC(=O)C(CO)c1ccccc1)C2.CC[N+]1(C)C2CCC1CC(OC(=O)[C@H](CO)c1ccccc1)C2. The van der Waals surface area contributed by atoms with Crippen LogP contribution in [0.5, 0.6) is 0 Å². The molecule has 258 valence electrons. The number of aliphatic hydroxyl groups is 2. The van der Waals surface area contributed by atoms with Gasteiger partial charge in [0.1, 0.15) is 24.0 Å². The summed E-state index contributed by atoms with van der Waals surface area (Å²) < 4.78 is 13.9. The van der Waals surface area contributed by atoms with Crippen LogP contribution in [0.4, 0.5) is 0 Å². The molecule has 0 spiro atoms. The van der Waals surface area contributed by atoms with Crippen LogP contribution in [0.2, 0.25) is 0 Å². The molecule has 4 heterocycles. The maximum Gasteiger partial charge on any atom is 0.316 e. The van der Waals surface area contributed by atoms with Crippen LogP contribution in [0, 0.1) is 0 Å². The Kier molecular flexibility index (Phi) is 11.5. The van der Waals surface area contributed by atoms with Crippen molar-refractivity contribution < 1.29 is 38.2 Å². The van der Waals surface area contributed by atoms with Crippen molar-refractivity contribution in [2.24, 2.45) is 0 Å². The lowest BCUT2D eigenvalue weighted by molar-refractivity contribution is -0.968.